The van der Waals surface area contributed by atoms with Crippen LogP contribution in [0.5, 0.6) is 11.6 Å². The van der Waals surface area contributed by atoms with Gasteiger partial charge in [-0.15, -0.1) is 0 Å². The predicted molar refractivity (Wildman–Crippen MR) is 65.7 cm³/mol. The summed E-state index contributed by atoms with van der Waals surface area (Å²) in [6.07, 6.45) is 1.33. The summed E-state index contributed by atoms with van der Waals surface area (Å²) in [4.78, 5) is 7.77. The molecule has 0 radical (unpaired) electrons. The molecule has 0 unspecified atom stereocenters. The lowest BCUT2D eigenvalue weighted by molar-refractivity contribution is 0.458. The highest BCUT2D eigenvalue weighted by Crippen LogP contribution is 2.30. The molecule has 1 aromatic carbocycles. The molecule has 0 saturated carbocycles. The predicted octanol–water partition coefficient (Wildman–Crippen LogP) is 3.27. The van der Waals surface area contributed by atoms with Crippen LogP contribution in [0, 0.1) is 0 Å². The lowest BCUT2D eigenvalue weighted by atomic mass is 10.3. The number of ether oxygens (including phenoxy) is 1. The van der Waals surface area contributed by atoms with Gasteiger partial charge < -0.3 is 10.5 Å². The SMILES string of the molecule is Nc1ncnc(Oc2cccc(Cl)c2)c1Br. The molecule has 0 spiro atoms. The van der Waals surface area contributed by atoms with Crippen molar-refractivity contribution in [2.75, 3.05) is 5.73 Å². The Morgan fingerprint density at radius 1 is 1.31 bits per heavy atom. The quantitative estimate of drug-likeness (QED) is 0.924. The third kappa shape index (κ3) is 2.43. The van der Waals surface area contributed by atoms with E-state index in [1.54, 1.807) is 24.3 Å². The minimum Gasteiger partial charge on any atom is -0.438 e. The molecule has 0 fully saturated rings. The summed E-state index contributed by atoms with van der Waals surface area (Å²) < 4.78 is 6.03. The summed E-state index contributed by atoms with van der Waals surface area (Å²) >= 11 is 9.08. The van der Waals surface area contributed by atoms with Crippen molar-refractivity contribution in [1.29, 1.82) is 0 Å². The van der Waals surface area contributed by atoms with Crippen LogP contribution in [0.1, 0.15) is 0 Å². The highest BCUT2D eigenvalue weighted by Gasteiger charge is 2.08. The maximum Gasteiger partial charge on any atom is 0.238 e. The van der Waals surface area contributed by atoms with Crippen LogP contribution in [-0.2, 0) is 0 Å². The monoisotopic (exact) mass is 299 g/mol. The van der Waals surface area contributed by atoms with Crippen molar-refractivity contribution >= 4 is 33.3 Å². The minimum atomic E-state index is 0.326. The molecular weight excluding hydrogens is 293 g/mol. The average Bonchev–Trinajstić information content (AvgIpc) is 2.25. The molecular formula is C10H7BrClN3O. The van der Waals surface area contributed by atoms with Gasteiger partial charge in [-0.25, -0.2) is 9.97 Å². The zero-order valence-electron chi connectivity index (χ0n) is 8.02. The summed E-state index contributed by atoms with van der Waals surface area (Å²) in [7, 11) is 0. The van der Waals surface area contributed by atoms with Crippen LogP contribution in [0.15, 0.2) is 35.1 Å². The molecule has 1 heterocycles. The Hall–Kier alpha value is -1.33. The number of hydrogen-bond acceptors (Lipinski definition) is 4. The number of anilines is 1. The normalized spacial score (nSPS) is 10.1. The van der Waals surface area contributed by atoms with Gasteiger partial charge in [0, 0.05) is 5.02 Å². The number of halogens is 2. The van der Waals surface area contributed by atoms with Crippen LogP contribution in [0.2, 0.25) is 5.02 Å². The third-order valence-electron chi connectivity index (χ3n) is 1.80. The molecule has 0 aliphatic heterocycles. The Balaban J connectivity index is 2.31. The van der Waals surface area contributed by atoms with Gasteiger partial charge in [-0.05, 0) is 34.1 Å². The molecule has 0 amide bonds. The molecule has 4 nitrogen and oxygen atoms in total. The van der Waals surface area contributed by atoms with Crippen molar-refractivity contribution in [2.45, 2.75) is 0 Å². The van der Waals surface area contributed by atoms with Crippen LogP contribution in [0.3, 0.4) is 0 Å². The van der Waals surface area contributed by atoms with Crippen LogP contribution < -0.4 is 10.5 Å². The molecule has 82 valence electrons. The minimum absolute atomic E-state index is 0.326. The van der Waals surface area contributed by atoms with Crippen LogP contribution in [-0.4, -0.2) is 9.97 Å². The second-order valence-electron chi connectivity index (χ2n) is 2.94. The number of benzene rings is 1. The fourth-order valence-corrected chi connectivity index (χ4v) is 1.55. The van der Waals surface area contributed by atoms with Gasteiger partial charge in [0.25, 0.3) is 0 Å². The first-order chi connectivity index (χ1) is 7.66. The van der Waals surface area contributed by atoms with E-state index in [4.69, 9.17) is 22.1 Å². The van der Waals surface area contributed by atoms with E-state index in [0.29, 0.717) is 26.9 Å². The van der Waals surface area contributed by atoms with E-state index < -0.39 is 0 Å². The number of nitrogen functional groups attached to an aromatic ring is 1. The zero-order chi connectivity index (χ0) is 11.5. The van der Waals surface area contributed by atoms with E-state index in [1.807, 2.05) is 0 Å². The second-order valence-corrected chi connectivity index (χ2v) is 4.17. The van der Waals surface area contributed by atoms with Crippen LogP contribution >= 0.6 is 27.5 Å². The number of nitrogens with zero attached hydrogens (tertiary/aromatic N) is 2. The van der Waals surface area contributed by atoms with Crippen LogP contribution in [0.25, 0.3) is 0 Å². The molecule has 1 aromatic heterocycles. The van der Waals surface area contributed by atoms with E-state index in [0.717, 1.165) is 0 Å². The van der Waals surface area contributed by atoms with Gasteiger partial charge in [-0.3, -0.25) is 0 Å². The van der Waals surface area contributed by atoms with Gasteiger partial charge in [0.2, 0.25) is 5.88 Å². The summed E-state index contributed by atoms with van der Waals surface area (Å²) in [5, 5.41) is 0.593. The first-order valence-corrected chi connectivity index (χ1v) is 5.53. The number of hydrogen-bond donors (Lipinski definition) is 1. The van der Waals surface area contributed by atoms with Crippen molar-refractivity contribution in [3.05, 3.63) is 40.1 Å². The van der Waals surface area contributed by atoms with E-state index in [2.05, 4.69) is 25.9 Å². The smallest absolute Gasteiger partial charge is 0.238 e. The second kappa shape index (κ2) is 4.67. The van der Waals surface area contributed by atoms with Crippen molar-refractivity contribution in [2.24, 2.45) is 0 Å². The fraction of sp³-hybridized carbons (Fsp3) is 0. The van der Waals surface area contributed by atoms with E-state index in [9.17, 15) is 0 Å². The van der Waals surface area contributed by atoms with Crippen LogP contribution in [0.4, 0.5) is 5.82 Å². The van der Waals surface area contributed by atoms with Gasteiger partial charge in [0.05, 0.1) is 0 Å². The molecule has 2 aromatic rings. The first-order valence-electron chi connectivity index (χ1n) is 4.36. The largest absolute Gasteiger partial charge is 0.438 e. The van der Waals surface area contributed by atoms with Gasteiger partial charge in [0.1, 0.15) is 22.4 Å². The van der Waals surface area contributed by atoms with E-state index in [-0.39, 0.29) is 0 Å². The highest BCUT2D eigenvalue weighted by atomic mass is 79.9. The molecule has 6 heteroatoms. The Labute approximate surface area is 106 Å². The molecule has 2 N–H and O–H groups in total. The summed E-state index contributed by atoms with van der Waals surface area (Å²) in [5.41, 5.74) is 5.60. The fourth-order valence-electron chi connectivity index (χ4n) is 1.08. The molecule has 16 heavy (non-hydrogen) atoms. The third-order valence-corrected chi connectivity index (χ3v) is 2.78. The number of nitrogens with two attached hydrogens (primary N) is 1. The van der Waals surface area contributed by atoms with E-state index >= 15 is 0 Å². The lowest BCUT2D eigenvalue weighted by Gasteiger charge is -2.07. The van der Waals surface area contributed by atoms with Crippen molar-refractivity contribution in [3.63, 3.8) is 0 Å². The first kappa shape index (κ1) is 11.2. The molecule has 0 bridgehead atoms. The van der Waals surface area contributed by atoms with Crippen molar-refractivity contribution in [3.8, 4) is 11.6 Å². The zero-order valence-corrected chi connectivity index (χ0v) is 10.4. The number of rotatable bonds is 2. The number of aromatic nitrogens is 2. The van der Waals surface area contributed by atoms with Gasteiger partial charge >= 0.3 is 0 Å². The average molecular weight is 301 g/mol. The topological polar surface area (TPSA) is 61.0 Å². The lowest BCUT2D eigenvalue weighted by Crippen LogP contribution is -1.96. The Kier molecular flexibility index (Phi) is 3.26. The Bertz CT molecular complexity index is 521. The van der Waals surface area contributed by atoms with Gasteiger partial charge in [-0.2, -0.15) is 0 Å². The van der Waals surface area contributed by atoms with E-state index in [1.165, 1.54) is 6.33 Å². The standard InChI is InChI=1S/C10H7BrClN3O/c11-8-9(13)14-5-15-10(8)16-7-3-1-2-6(12)4-7/h1-5H,(H2,13,14,15). The van der Waals surface area contributed by atoms with Gasteiger partial charge in [0.15, 0.2) is 0 Å². The van der Waals surface area contributed by atoms with Crippen molar-refractivity contribution in [1.82, 2.24) is 9.97 Å². The van der Waals surface area contributed by atoms with Gasteiger partial charge in [-0.1, -0.05) is 17.7 Å². The van der Waals surface area contributed by atoms with Crippen molar-refractivity contribution < 1.29 is 4.74 Å². The highest BCUT2D eigenvalue weighted by molar-refractivity contribution is 9.10. The summed E-state index contributed by atoms with van der Waals surface area (Å²) in [6.45, 7) is 0. The summed E-state index contributed by atoms with van der Waals surface area (Å²) in [6, 6.07) is 7.01. The maximum absolute atomic E-state index is 5.83. The molecule has 0 atom stereocenters. The Morgan fingerprint density at radius 3 is 2.88 bits per heavy atom. The maximum atomic E-state index is 5.83. The molecule has 0 aliphatic carbocycles. The Morgan fingerprint density at radius 2 is 2.12 bits per heavy atom. The molecule has 2 rings (SSSR count). The molecule has 0 saturated heterocycles. The molecule has 0 aliphatic rings. The summed E-state index contributed by atoms with van der Waals surface area (Å²) in [5.74, 6) is 1.27.